The van der Waals surface area contributed by atoms with Crippen LogP contribution in [0, 0.1) is 12.8 Å². The third kappa shape index (κ3) is 3.34. The average molecular weight is 337 g/mol. The highest BCUT2D eigenvalue weighted by molar-refractivity contribution is 5.44. The van der Waals surface area contributed by atoms with Crippen LogP contribution in [0.3, 0.4) is 0 Å². The molecule has 1 saturated heterocycles. The Morgan fingerprint density at radius 3 is 2.76 bits per heavy atom. The lowest BCUT2D eigenvalue weighted by molar-refractivity contribution is 0.147. The maximum Gasteiger partial charge on any atom is 0.158 e. The van der Waals surface area contributed by atoms with E-state index in [4.69, 9.17) is 0 Å². The van der Waals surface area contributed by atoms with Crippen LogP contribution in [0.2, 0.25) is 0 Å². The highest BCUT2D eigenvalue weighted by atomic mass is 16.3. The highest BCUT2D eigenvalue weighted by Gasteiger charge is 2.32. The number of aliphatic hydroxyl groups excluding tert-OH is 1. The molecule has 0 bridgehead atoms. The highest BCUT2D eigenvalue weighted by Crippen LogP contribution is 2.25. The van der Waals surface area contributed by atoms with Gasteiger partial charge in [-0.3, -0.25) is 9.97 Å². The largest absolute Gasteiger partial charge is 0.391 e. The van der Waals surface area contributed by atoms with Gasteiger partial charge in [0.1, 0.15) is 12.1 Å². The predicted octanol–water partition coefficient (Wildman–Crippen LogP) is 0.801. The molecule has 1 aliphatic heterocycles. The summed E-state index contributed by atoms with van der Waals surface area (Å²) in [5.41, 5.74) is 1.96. The molecule has 25 heavy (non-hydrogen) atoms. The maximum absolute atomic E-state index is 10.4. The minimum Gasteiger partial charge on any atom is -0.391 e. The summed E-state index contributed by atoms with van der Waals surface area (Å²) >= 11 is 0. The molecule has 128 valence electrons. The van der Waals surface area contributed by atoms with Crippen LogP contribution in [-0.2, 0) is 6.42 Å². The van der Waals surface area contributed by atoms with Crippen molar-refractivity contribution in [2.75, 3.05) is 18.0 Å². The molecule has 0 aliphatic carbocycles. The molecule has 8 nitrogen and oxygen atoms in total. The topological polar surface area (TPSA) is 92.9 Å². The van der Waals surface area contributed by atoms with Crippen LogP contribution in [0.15, 0.2) is 43.4 Å². The predicted molar refractivity (Wildman–Crippen MR) is 91.3 cm³/mol. The van der Waals surface area contributed by atoms with Gasteiger partial charge in [0, 0.05) is 49.9 Å². The van der Waals surface area contributed by atoms with Gasteiger partial charge in [-0.15, -0.1) is 0 Å². The van der Waals surface area contributed by atoms with E-state index < -0.39 is 6.10 Å². The van der Waals surface area contributed by atoms with E-state index in [0.717, 1.165) is 17.1 Å². The number of hydrogen-bond acceptors (Lipinski definition) is 7. The average Bonchev–Trinajstić information content (AvgIpc) is 3.22. The maximum atomic E-state index is 10.4. The fourth-order valence-electron chi connectivity index (χ4n) is 3.12. The number of aliphatic hydroxyl groups is 1. The SMILES string of the molecule is Cc1cnn(-c2cc(N3C[C@@H](Cc4cnccn4)[C@H](O)C3)ncn2)c1. The zero-order chi connectivity index (χ0) is 17.2. The Labute approximate surface area is 145 Å². The molecule has 2 atom stereocenters. The smallest absolute Gasteiger partial charge is 0.158 e. The molecule has 0 aromatic carbocycles. The Bertz CT molecular complexity index is 851. The number of hydrogen-bond donors (Lipinski definition) is 1. The molecule has 8 heteroatoms. The van der Waals surface area contributed by atoms with Crippen LogP contribution in [0.1, 0.15) is 11.3 Å². The number of rotatable bonds is 4. The van der Waals surface area contributed by atoms with Gasteiger partial charge in [-0.2, -0.15) is 5.10 Å². The first kappa shape index (κ1) is 15.6. The lowest BCUT2D eigenvalue weighted by Crippen LogP contribution is -2.22. The van der Waals surface area contributed by atoms with Crippen molar-refractivity contribution in [3.8, 4) is 5.82 Å². The van der Waals surface area contributed by atoms with E-state index in [1.54, 1.807) is 29.5 Å². The van der Waals surface area contributed by atoms with E-state index in [2.05, 4.69) is 29.9 Å². The van der Waals surface area contributed by atoms with Gasteiger partial charge in [-0.25, -0.2) is 14.6 Å². The van der Waals surface area contributed by atoms with Crippen molar-refractivity contribution in [2.45, 2.75) is 19.4 Å². The third-order valence-electron chi connectivity index (χ3n) is 4.40. The molecular weight excluding hydrogens is 318 g/mol. The molecule has 0 saturated carbocycles. The van der Waals surface area contributed by atoms with E-state index in [-0.39, 0.29) is 5.92 Å². The number of aryl methyl sites for hydroxylation is 1. The van der Waals surface area contributed by atoms with Crippen LogP contribution >= 0.6 is 0 Å². The molecule has 4 rings (SSSR count). The summed E-state index contributed by atoms with van der Waals surface area (Å²) < 4.78 is 1.73. The summed E-state index contributed by atoms with van der Waals surface area (Å²) in [5.74, 6) is 1.60. The first-order valence-electron chi connectivity index (χ1n) is 8.20. The molecule has 1 fully saturated rings. The van der Waals surface area contributed by atoms with Crippen molar-refractivity contribution in [1.29, 1.82) is 0 Å². The fraction of sp³-hybridized carbons (Fsp3) is 0.353. The summed E-state index contributed by atoms with van der Waals surface area (Å²) in [7, 11) is 0. The second-order valence-corrected chi connectivity index (χ2v) is 6.33. The Kier molecular flexibility index (Phi) is 4.10. The Morgan fingerprint density at radius 1 is 1.12 bits per heavy atom. The molecule has 0 amide bonds. The van der Waals surface area contributed by atoms with Crippen molar-refractivity contribution >= 4 is 5.82 Å². The third-order valence-corrected chi connectivity index (χ3v) is 4.40. The zero-order valence-corrected chi connectivity index (χ0v) is 13.9. The number of β-amino-alcohol motifs (C(OH)–C–C–N with tert-alkyl or cyclic N) is 1. The molecule has 0 unspecified atom stereocenters. The number of aromatic nitrogens is 6. The number of nitrogens with zero attached hydrogens (tertiary/aromatic N) is 7. The summed E-state index contributed by atoms with van der Waals surface area (Å²) in [4.78, 5) is 19.1. The lowest BCUT2D eigenvalue weighted by atomic mass is 10.0. The van der Waals surface area contributed by atoms with Gasteiger partial charge < -0.3 is 10.0 Å². The summed E-state index contributed by atoms with van der Waals surface area (Å²) in [6, 6.07) is 1.89. The van der Waals surface area contributed by atoms with Crippen LogP contribution < -0.4 is 4.90 Å². The molecule has 4 heterocycles. The van der Waals surface area contributed by atoms with Crippen molar-refractivity contribution in [3.05, 3.63) is 54.6 Å². The lowest BCUT2D eigenvalue weighted by Gasteiger charge is -2.17. The van der Waals surface area contributed by atoms with Crippen molar-refractivity contribution < 1.29 is 5.11 Å². The second-order valence-electron chi connectivity index (χ2n) is 6.33. The van der Waals surface area contributed by atoms with Gasteiger partial charge in [0.25, 0.3) is 0 Å². The molecule has 1 N–H and O–H groups in total. The van der Waals surface area contributed by atoms with Crippen LogP contribution in [0.25, 0.3) is 5.82 Å². The summed E-state index contributed by atoms with van der Waals surface area (Å²) in [5, 5.41) is 14.7. The van der Waals surface area contributed by atoms with E-state index in [0.29, 0.717) is 25.3 Å². The van der Waals surface area contributed by atoms with Gasteiger partial charge in [0.05, 0.1) is 18.0 Å². The van der Waals surface area contributed by atoms with Crippen molar-refractivity contribution in [3.63, 3.8) is 0 Å². The molecule has 3 aromatic rings. The van der Waals surface area contributed by atoms with Crippen LogP contribution in [0.4, 0.5) is 5.82 Å². The minimum atomic E-state index is -0.424. The monoisotopic (exact) mass is 337 g/mol. The standard InChI is InChI=1S/C17H19N7O/c1-12-6-22-24(8-12)17-5-16(20-11-21-17)23-9-13(15(25)10-23)4-14-7-18-2-3-19-14/h2-3,5-8,11,13,15,25H,4,9-10H2,1H3/t13-,15-/m1/s1. The fourth-order valence-corrected chi connectivity index (χ4v) is 3.12. The van der Waals surface area contributed by atoms with Gasteiger partial charge in [-0.1, -0.05) is 0 Å². The van der Waals surface area contributed by atoms with E-state index in [1.807, 2.05) is 19.2 Å². The molecular formula is C17H19N7O. The van der Waals surface area contributed by atoms with Crippen LogP contribution in [-0.4, -0.2) is 54.0 Å². The van der Waals surface area contributed by atoms with Gasteiger partial charge >= 0.3 is 0 Å². The van der Waals surface area contributed by atoms with Crippen molar-refractivity contribution in [2.24, 2.45) is 5.92 Å². The molecule has 0 spiro atoms. The van der Waals surface area contributed by atoms with E-state index >= 15 is 0 Å². The second kappa shape index (κ2) is 6.56. The van der Waals surface area contributed by atoms with Gasteiger partial charge in [-0.05, 0) is 18.9 Å². The Morgan fingerprint density at radius 2 is 2.00 bits per heavy atom. The summed E-state index contributed by atoms with van der Waals surface area (Å²) in [6.45, 7) is 3.24. The first-order chi connectivity index (χ1) is 12.2. The van der Waals surface area contributed by atoms with Gasteiger partial charge in [0.15, 0.2) is 5.82 Å². The quantitative estimate of drug-likeness (QED) is 0.752. The Balaban J connectivity index is 1.51. The Hall–Kier alpha value is -2.87. The van der Waals surface area contributed by atoms with Crippen LogP contribution in [0.5, 0.6) is 0 Å². The summed E-state index contributed by atoms with van der Waals surface area (Å²) in [6.07, 6.45) is 10.6. The van der Waals surface area contributed by atoms with Gasteiger partial charge in [0.2, 0.25) is 0 Å². The first-order valence-corrected chi connectivity index (χ1v) is 8.20. The zero-order valence-electron chi connectivity index (χ0n) is 13.9. The minimum absolute atomic E-state index is 0.0991. The molecule has 0 radical (unpaired) electrons. The van der Waals surface area contributed by atoms with E-state index in [1.165, 1.54) is 6.33 Å². The van der Waals surface area contributed by atoms with E-state index in [9.17, 15) is 5.11 Å². The van der Waals surface area contributed by atoms with Crippen molar-refractivity contribution in [1.82, 2.24) is 29.7 Å². The normalized spacial score (nSPS) is 20.2. The molecule has 3 aromatic heterocycles. The number of anilines is 1. The molecule has 1 aliphatic rings.